The summed E-state index contributed by atoms with van der Waals surface area (Å²) in [7, 11) is 0. The fourth-order valence-corrected chi connectivity index (χ4v) is 5.86. The van der Waals surface area contributed by atoms with Gasteiger partial charge < -0.3 is 10.4 Å². The summed E-state index contributed by atoms with van der Waals surface area (Å²) in [5, 5.41) is 22.8. The number of rotatable bonds is 5. The highest BCUT2D eigenvalue weighted by Crippen LogP contribution is 2.41. The van der Waals surface area contributed by atoms with Crippen molar-refractivity contribution in [1.29, 1.82) is 5.26 Å². The van der Waals surface area contributed by atoms with E-state index in [1.807, 2.05) is 13.8 Å². The number of nitriles is 1. The Labute approximate surface area is 170 Å². The third-order valence-corrected chi connectivity index (χ3v) is 7.50. The van der Waals surface area contributed by atoms with E-state index < -0.39 is 17.8 Å². The van der Waals surface area contributed by atoms with Gasteiger partial charge in [-0.05, 0) is 57.4 Å². The average molecular weight is 401 g/mol. The monoisotopic (exact) mass is 400 g/mol. The summed E-state index contributed by atoms with van der Waals surface area (Å²) in [5.41, 5.74) is 3.81. The molecule has 2 N–H and O–H groups in total. The molecule has 0 fully saturated rings. The zero-order chi connectivity index (χ0) is 20.4. The molecule has 1 amide bonds. The number of hydrogen-bond donors (Lipinski definition) is 2. The van der Waals surface area contributed by atoms with Crippen LogP contribution in [0.3, 0.4) is 0 Å². The number of allylic oxidation sites excluding steroid dienone is 2. The number of aliphatic carboxylic acids is 1. The number of amides is 1. The lowest BCUT2D eigenvalue weighted by atomic mass is 9.76. The number of hydrogen-bond acceptors (Lipinski definition) is 4. The van der Waals surface area contributed by atoms with Crippen molar-refractivity contribution in [2.24, 2.45) is 17.8 Å². The second kappa shape index (κ2) is 8.48. The Bertz CT molecular complexity index is 862. The van der Waals surface area contributed by atoms with E-state index >= 15 is 0 Å². The zero-order valence-corrected chi connectivity index (χ0v) is 17.6. The van der Waals surface area contributed by atoms with Crippen molar-refractivity contribution in [3.05, 3.63) is 27.2 Å². The first-order valence-corrected chi connectivity index (χ1v) is 10.9. The SMILES string of the molecule is CCC[C@@H]1CCc2c(sc(NC(=O)[C@@H]3CC(C)=C(C)C[C@H]3C(=O)O)c2C#N)C1. The lowest BCUT2D eigenvalue weighted by molar-refractivity contribution is -0.146. The van der Waals surface area contributed by atoms with Gasteiger partial charge in [-0.15, -0.1) is 11.3 Å². The van der Waals surface area contributed by atoms with Crippen LogP contribution in [0.15, 0.2) is 11.1 Å². The van der Waals surface area contributed by atoms with Gasteiger partial charge in [-0.2, -0.15) is 5.26 Å². The summed E-state index contributed by atoms with van der Waals surface area (Å²) in [6, 6.07) is 2.28. The Hall–Kier alpha value is -2.13. The van der Waals surface area contributed by atoms with Gasteiger partial charge in [-0.25, -0.2) is 0 Å². The third kappa shape index (κ3) is 4.00. The molecule has 28 heavy (non-hydrogen) atoms. The number of carbonyl (C=O) groups is 2. The topological polar surface area (TPSA) is 90.2 Å². The van der Waals surface area contributed by atoms with Gasteiger partial charge in [-0.1, -0.05) is 30.9 Å². The Kier molecular flexibility index (Phi) is 6.24. The van der Waals surface area contributed by atoms with Gasteiger partial charge in [0.05, 0.1) is 17.4 Å². The highest BCUT2D eigenvalue weighted by atomic mass is 32.1. The van der Waals surface area contributed by atoms with Crippen molar-refractivity contribution in [3.8, 4) is 6.07 Å². The maximum atomic E-state index is 13.0. The Morgan fingerprint density at radius 3 is 2.50 bits per heavy atom. The van der Waals surface area contributed by atoms with E-state index in [9.17, 15) is 20.0 Å². The van der Waals surface area contributed by atoms with Crippen molar-refractivity contribution >= 4 is 28.2 Å². The molecule has 1 heterocycles. The molecule has 0 saturated carbocycles. The number of carbonyl (C=O) groups excluding carboxylic acids is 1. The van der Waals surface area contributed by atoms with Crippen molar-refractivity contribution in [2.75, 3.05) is 5.32 Å². The van der Waals surface area contributed by atoms with Gasteiger partial charge in [0.25, 0.3) is 0 Å². The molecule has 3 rings (SSSR count). The first-order valence-electron chi connectivity index (χ1n) is 10.1. The van der Waals surface area contributed by atoms with E-state index in [2.05, 4.69) is 18.3 Å². The molecule has 0 radical (unpaired) electrons. The molecule has 0 unspecified atom stereocenters. The minimum absolute atomic E-state index is 0.278. The van der Waals surface area contributed by atoms with E-state index in [-0.39, 0.29) is 5.91 Å². The van der Waals surface area contributed by atoms with Crippen molar-refractivity contribution in [3.63, 3.8) is 0 Å². The molecule has 2 aliphatic rings. The Morgan fingerprint density at radius 1 is 1.21 bits per heavy atom. The largest absolute Gasteiger partial charge is 0.481 e. The van der Waals surface area contributed by atoms with Crippen LogP contribution in [0.25, 0.3) is 0 Å². The predicted octanol–water partition coefficient (Wildman–Crippen LogP) is 4.91. The second-order valence-electron chi connectivity index (χ2n) is 8.23. The maximum Gasteiger partial charge on any atom is 0.307 e. The Balaban J connectivity index is 1.83. The van der Waals surface area contributed by atoms with Crippen LogP contribution >= 0.6 is 11.3 Å². The number of carboxylic acids is 1. The minimum Gasteiger partial charge on any atom is -0.481 e. The summed E-state index contributed by atoms with van der Waals surface area (Å²) < 4.78 is 0. The molecule has 0 bridgehead atoms. The average Bonchev–Trinajstić information content (AvgIpc) is 2.99. The van der Waals surface area contributed by atoms with Crippen LogP contribution < -0.4 is 5.32 Å². The van der Waals surface area contributed by atoms with Crippen LogP contribution in [0.1, 0.15) is 68.9 Å². The number of carboxylic acid groups (broad SMARTS) is 1. The molecule has 3 atom stereocenters. The molecule has 0 aliphatic heterocycles. The van der Waals surface area contributed by atoms with Gasteiger partial charge in [0.1, 0.15) is 11.1 Å². The molecular formula is C22H28N2O3S. The number of anilines is 1. The number of fused-ring (bicyclic) bond motifs is 1. The van der Waals surface area contributed by atoms with Gasteiger partial charge >= 0.3 is 5.97 Å². The molecule has 6 heteroatoms. The first-order chi connectivity index (χ1) is 13.3. The molecular weight excluding hydrogens is 372 g/mol. The van der Waals surface area contributed by atoms with E-state index in [4.69, 9.17) is 0 Å². The number of nitrogens with zero attached hydrogens (tertiary/aromatic N) is 1. The van der Waals surface area contributed by atoms with E-state index in [0.29, 0.717) is 29.3 Å². The van der Waals surface area contributed by atoms with E-state index in [1.54, 1.807) is 0 Å². The standard InChI is InChI=1S/C22H28N2O3S/c1-4-5-14-6-7-15-18(11-23)21(28-19(15)10-14)24-20(25)16-8-12(2)13(3)9-17(16)22(26)27/h14,16-17H,4-10H2,1-3H3,(H,24,25)(H,26,27)/t14-,16-,17-/m1/s1. The Morgan fingerprint density at radius 2 is 1.89 bits per heavy atom. The summed E-state index contributed by atoms with van der Waals surface area (Å²) in [4.78, 5) is 25.9. The summed E-state index contributed by atoms with van der Waals surface area (Å²) >= 11 is 1.51. The molecule has 1 aromatic rings. The van der Waals surface area contributed by atoms with Gasteiger partial charge in [0.15, 0.2) is 0 Å². The fraction of sp³-hybridized carbons (Fsp3) is 0.591. The normalized spacial score (nSPS) is 24.4. The second-order valence-corrected chi connectivity index (χ2v) is 9.33. The maximum absolute atomic E-state index is 13.0. The summed E-state index contributed by atoms with van der Waals surface area (Å²) in [5.74, 6) is -1.87. The minimum atomic E-state index is -0.930. The van der Waals surface area contributed by atoms with E-state index in [0.717, 1.165) is 42.4 Å². The van der Waals surface area contributed by atoms with Crippen LogP contribution in [-0.2, 0) is 22.4 Å². The van der Waals surface area contributed by atoms with Gasteiger partial charge in [-0.3, -0.25) is 9.59 Å². The van der Waals surface area contributed by atoms with Crippen molar-refractivity contribution in [2.45, 2.75) is 65.7 Å². The van der Waals surface area contributed by atoms with Crippen LogP contribution in [0, 0.1) is 29.1 Å². The van der Waals surface area contributed by atoms with E-state index in [1.165, 1.54) is 22.6 Å². The highest BCUT2D eigenvalue weighted by molar-refractivity contribution is 7.16. The van der Waals surface area contributed by atoms with Crippen molar-refractivity contribution in [1.82, 2.24) is 0 Å². The predicted molar refractivity (Wildman–Crippen MR) is 110 cm³/mol. The molecule has 5 nitrogen and oxygen atoms in total. The van der Waals surface area contributed by atoms with Crippen LogP contribution in [0.5, 0.6) is 0 Å². The van der Waals surface area contributed by atoms with Crippen LogP contribution in [0.2, 0.25) is 0 Å². The number of thiophene rings is 1. The number of nitrogens with one attached hydrogen (secondary N) is 1. The van der Waals surface area contributed by atoms with Crippen LogP contribution in [0.4, 0.5) is 5.00 Å². The molecule has 0 aromatic carbocycles. The smallest absolute Gasteiger partial charge is 0.307 e. The molecule has 1 aromatic heterocycles. The molecule has 0 spiro atoms. The summed E-state index contributed by atoms with van der Waals surface area (Å²) in [6.07, 6.45) is 6.16. The van der Waals surface area contributed by atoms with Crippen LogP contribution in [-0.4, -0.2) is 17.0 Å². The fourth-order valence-electron chi connectivity index (χ4n) is 4.55. The lowest BCUT2D eigenvalue weighted by Gasteiger charge is -2.29. The highest BCUT2D eigenvalue weighted by Gasteiger charge is 2.38. The lowest BCUT2D eigenvalue weighted by Crippen LogP contribution is -2.36. The molecule has 0 saturated heterocycles. The van der Waals surface area contributed by atoms with Gasteiger partial charge in [0.2, 0.25) is 5.91 Å². The van der Waals surface area contributed by atoms with Gasteiger partial charge in [0, 0.05) is 4.88 Å². The zero-order valence-electron chi connectivity index (χ0n) is 16.8. The summed E-state index contributed by atoms with van der Waals surface area (Å²) in [6.45, 7) is 6.09. The molecule has 2 aliphatic carbocycles. The first kappa shape index (κ1) is 20.6. The third-order valence-electron chi connectivity index (χ3n) is 6.33. The quantitative estimate of drug-likeness (QED) is 0.687. The van der Waals surface area contributed by atoms with Crippen molar-refractivity contribution < 1.29 is 14.7 Å². The molecule has 150 valence electrons.